The van der Waals surface area contributed by atoms with Gasteiger partial charge in [0.15, 0.2) is 6.10 Å². The van der Waals surface area contributed by atoms with Crippen LogP contribution in [0.1, 0.15) is 62.9 Å². The lowest BCUT2D eigenvalue weighted by molar-refractivity contribution is -0.128. The van der Waals surface area contributed by atoms with Gasteiger partial charge in [-0.2, -0.15) is 0 Å². The molecule has 7 heteroatoms. The van der Waals surface area contributed by atoms with Crippen LogP contribution in [0.25, 0.3) is 0 Å². The van der Waals surface area contributed by atoms with Crippen molar-refractivity contribution < 1.29 is 17.9 Å². The van der Waals surface area contributed by atoms with Crippen LogP contribution in [0.15, 0.2) is 71.6 Å². The Morgan fingerprint density at radius 1 is 1.05 bits per heavy atom. The molecule has 2 atom stereocenters. The van der Waals surface area contributed by atoms with E-state index in [0.717, 1.165) is 23.1 Å². The smallest absolute Gasteiger partial charge is 0.264 e. The van der Waals surface area contributed by atoms with Crippen molar-refractivity contribution in [3.8, 4) is 5.75 Å². The summed E-state index contributed by atoms with van der Waals surface area (Å²) in [5, 5.41) is 3.00. The molecule has 37 heavy (non-hydrogen) atoms. The van der Waals surface area contributed by atoms with Crippen LogP contribution in [0.3, 0.4) is 0 Å². The van der Waals surface area contributed by atoms with Crippen LogP contribution in [0.4, 0.5) is 5.69 Å². The first kappa shape index (κ1) is 26.7. The third kappa shape index (κ3) is 5.67. The zero-order valence-corrected chi connectivity index (χ0v) is 23.2. The number of rotatable bonds is 6. The van der Waals surface area contributed by atoms with Gasteiger partial charge in [-0.1, -0.05) is 75.7 Å². The summed E-state index contributed by atoms with van der Waals surface area (Å²) in [7, 11) is -3.94. The summed E-state index contributed by atoms with van der Waals surface area (Å²) in [5.41, 5.74) is 4.40. The number of hydrogen-bond donors (Lipinski definition) is 1. The molecule has 0 aliphatic carbocycles. The fraction of sp³-hybridized carbons (Fsp3) is 0.367. The maximum atomic E-state index is 13.8. The Morgan fingerprint density at radius 3 is 2.30 bits per heavy atom. The average Bonchev–Trinajstić information content (AvgIpc) is 2.87. The van der Waals surface area contributed by atoms with Crippen molar-refractivity contribution in [2.24, 2.45) is 0 Å². The van der Waals surface area contributed by atoms with Crippen molar-refractivity contribution in [3.05, 3.63) is 89.0 Å². The third-order valence-corrected chi connectivity index (χ3v) is 8.64. The number of benzene rings is 3. The van der Waals surface area contributed by atoms with E-state index in [-0.39, 0.29) is 28.8 Å². The van der Waals surface area contributed by atoms with E-state index >= 15 is 0 Å². The Balaban J connectivity index is 1.67. The molecule has 0 fully saturated rings. The molecular formula is C30H36N2O4S. The van der Waals surface area contributed by atoms with Gasteiger partial charge in [0.1, 0.15) is 5.75 Å². The van der Waals surface area contributed by atoms with Crippen LogP contribution in [-0.2, 0) is 26.7 Å². The summed E-state index contributed by atoms with van der Waals surface area (Å²) >= 11 is 0. The molecule has 0 saturated carbocycles. The van der Waals surface area contributed by atoms with E-state index in [0.29, 0.717) is 11.4 Å². The first-order chi connectivity index (χ1) is 17.4. The van der Waals surface area contributed by atoms with Crippen molar-refractivity contribution in [2.45, 2.75) is 70.4 Å². The number of anilines is 1. The molecule has 1 aliphatic rings. The lowest BCUT2D eigenvalue weighted by Gasteiger charge is -2.36. The Morgan fingerprint density at radius 2 is 1.70 bits per heavy atom. The van der Waals surface area contributed by atoms with Crippen LogP contribution in [0.2, 0.25) is 0 Å². The van der Waals surface area contributed by atoms with Crippen molar-refractivity contribution in [3.63, 3.8) is 0 Å². The zero-order chi connectivity index (χ0) is 27.0. The largest absolute Gasteiger partial charge is 0.476 e. The quantitative estimate of drug-likeness (QED) is 0.453. The molecule has 1 N–H and O–H groups in total. The van der Waals surface area contributed by atoms with E-state index < -0.39 is 16.1 Å². The summed E-state index contributed by atoms with van der Waals surface area (Å²) in [4.78, 5) is 13.5. The summed E-state index contributed by atoms with van der Waals surface area (Å²) in [5.74, 6) is 0.0109. The second kappa shape index (κ2) is 10.2. The van der Waals surface area contributed by atoms with Crippen LogP contribution < -0.4 is 14.4 Å². The molecule has 0 spiro atoms. The molecular weight excluding hydrogens is 484 g/mol. The highest BCUT2D eigenvalue weighted by atomic mass is 32.2. The normalized spacial score (nSPS) is 16.5. The molecule has 1 aliphatic heterocycles. The molecule has 0 aromatic heterocycles. The molecule has 1 heterocycles. The lowest BCUT2D eigenvalue weighted by Crippen LogP contribution is -2.51. The highest BCUT2D eigenvalue weighted by Gasteiger charge is 2.38. The molecule has 1 amide bonds. The predicted molar refractivity (Wildman–Crippen MR) is 148 cm³/mol. The van der Waals surface area contributed by atoms with Gasteiger partial charge in [0, 0.05) is 0 Å². The van der Waals surface area contributed by atoms with Gasteiger partial charge in [0.05, 0.1) is 23.2 Å². The SMILES string of the molecule is CCc1ccc([C@@H](C)NC(=O)[C@H]2CN(S(=O)(=O)c3ccc(C)cc3)c3cc(C(C)(C)C)ccc3O2)cc1. The van der Waals surface area contributed by atoms with Crippen LogP contribution >= 0.6 is 0 Å². The van der Waals surface area contributed by atoms with E-state index in [2.05, 4.69) is 33.0 Å². The number of carbonyl (C=O) groups excluding carboxylic acids is 1. The Kier molecular flexibility index (Phi) is 7.38. The highest BCUT2D eigenvalue weighted by molar-refractivity contribution is 7.92. The van der Waals surface area contributed by atoms with Crippen molar-refractivity contribution in [1.82, 2.24) is 5.32 Å². The average molecular weight is 521 g/mol. The Hall–Kier alpha value is -3.32. The molecule has 0 unspecified atom stereocenters. The molecule has 6 nitrogen and oxygen atoms in total. The lowest BCUT2D eigenvalue weighted by atomic mass is 9.86. The number of hydrogen-bond acceptors (Lipinski definition) is 4. The molecule has 0 radical (unpaired) electrons. The minimum Gasteiger partial charge on any atom is -0.476 e. The number of carbonyl (C=O) groups is 1. The van der Waals surface area contributed by atoms with E-state index in [4.69, 9.17) is 4.74 Å². The van der Waals surface area contributed by atoms with E-state index in [1.54, 1.807) is 30.3 Å². The predicted octanol–water partition coefficient (Wildman–Crippen LogP) is 5.69. The summed E-state index contributed by atoms with van der Waals surface area (Å²) in [6.07, 6.45) is -0.0518. The number of sulfonamides is 1. The molecule has 196 valence electrons. The first-order valence-corrected chi connectivity index (χ1v) is 14.1. The Bertz CT molecular complexity index is 1370. The van der Waals surface area contributed by atoms with Crippen LogP contribution in [0, 0.1) is 6.92 Å². The number of nitrogens with one attached hydrogen (secondary N) is 1. The van der Waals surface area contributed by atoms with Crippen molar-refractivity contribution in [1.29, 1.82) is 0 Å². The minimum atomic E-state index is -3.94. The summed E-state index contributed by atoms with van der Waals surface area (Å²) < 4.78 is 35.1. The number of fused-ring (bicyclic) bond motifs is 1. The van der Waals surface area contributed by atoms with Gasteiger partial charge < -0.3 is 10.1 Å². The molecule has 3 aromatic rings. The van der Waals surface area contributed by atoms with Gasteiger partial charge in [-0.25, -0.2) is 8.42 Å². The van der Waals surface area contributed by atoms with E-state index in [1.165, 1.54) is 9.87 Å². The van der Waals surface area contributed by atoms with Gasteiger partial charge in [-0.15, -0.1) is 0 Å². The number of amides is 1. The monoisotopic (exact) mass is 520 g/mol. The molecule has 0 bridgehead atoms. The van der Waals surface area contributed by atoms with Crippen LogP contribution in [-0.4, -0.2) is 27.0 Å². The number of ether oxygens (including phenoxy) is 1. The van der Waals surface area contributed by atoms with Gasteiger partial charge in [-0.3, -0.25) is 9.10 Å². The van der Waals surface area contributed by atoms with Gasteiger partial charge in [-0.05, 0) is 66.6 Å². The van der Waals surface area contributed by atoms with E-state index in [9.17, 15) is 13.2 Å². The molecule has 4 rings (SSSR count). The highest BCUT2D eigenvalue weighted by Crippen LogP contribution is 2.40. The maximum absolute atomic E-state index is 13.8. The van der Waals surface area contributed by atoms with Gasteiger partial charge in [0.25, 0.3) is 15.9 Å². The maximum Gasteiger partial charge on any atom is 0.264 e. The zero-order valence-electron chi connectivity index (χ0n) is 22.4. The second-order valence-corrected chi connectivity index (χ2v) is 12.6. The van der Waals surface area contributed by atoms with Crippen molar-refractivity contribution in [2.75, 3.05) is 10.8 Å². The number of nitrogens with zero attached hydrogens (tertiary/aromatic N) is 1. The van der Waals surface area contributed by atoms with Crippen molar-refractivity contribution >= 4 is 21.6 Å². The van der Waals surface area contributed by atoms with Gasteiger partial charge in [0.2, 0.25) is 0 Å². The fourth-order valence-electron chi connectivity index (χ4n) is 4.35. The van der Waals surface area contributed by atoms with Crippen LogP contribution in [0.5, 0.6) is 5.75 Å². The molecule has 0 saturated heterocycles. The first-order valence-electron chi connectivity index (χ1n) is 12.7. The minimum absolute atomic E-state index is 0.121. The Labute approximate surface area is 220 Å². The van der Waals surface area contributed by atoms with Gasteiger partial charge >= 0.3 is 0 Å². The number of aryl methyl sites for hydroxylation is 2. The summed E-state index contributed by atoms with van der Waals surface area (Å²) in [6.45, 7) is 12.0. The standard InChI is InChI=1S/C30H36N2O4S/c1-7-22-10-12-23(13-11-22)21(3)31-29(33)28-19-32(37(34,35)25-15-8-20(2)9-16-25)26-18-24(30(4,5)6)14-17-27(26)36-28/h8-18,21,28H,7,19H2,1-6H3,(H,31,33)/t21-,28-/m1/s1. The van der Waals surface area contributed by atoms with E-state index in [1.807, 2.05) is 50.2 Å². The fourth-order valence-corrected chi connectivity index (χ4v) is 5.82. The topological polar surface area (TPSA) is 75.7 Å². The second-order valence-electron chi connectivity index (χ2n) is 10.7. The third-order valence-electron chi connectivity index (χ3n) is 6.84. The summed E-state index contributed by atoms with van der Waals surface area (Å²) in [6, 6.07) is 20.1. The molecule has 3 aromatic carbocycles.